The van der Waals surface area contributed by atoms with Crippen LogP contribution in [0.15, 0.2) is 5.16 Å². The molecule has 0 unspecified atom stereocenters. The second-order valence-electron chi connectivity index (χ2n) is 5.55. The van der Waals surface area contributed by atoms with Crippen molar-refractivity contribution in [2.75, 3.05) is 12.9 Å². The van der Waals surface area contributed by atoms with Crippen LogP contribution in [0.3, 0.4) is 0 Å². The highest BCUT2D eigenvalue weighted by Gasteiger charge is 2.17. The van der Waals surface area contributed by atoms with E-state index in [4.69, 9.17) is 0 Å². The molecule has 118 valence electrons. The Labute approximate surface area is 130 Å². The molecular weight excluding hydrogens is 286 g/mol. The van der Waals surface area contributed by atoms with E-state index >= 15 is 0 Å². The van der Waals surface area contributed by atoms with Gasteiger partial charge in [0, 0.05) is 13.0 Å². The molecule has 0 bridgehead atoms. The largest absolute Gasteiger partial charge is 0.468 e. The minimum atomic E-state index is -0.227. The van der Waals surface area contributed by atoms with Crippen LogP contribution in [0.25, 0.3) is 0 Å². The first-order chi connectivity index (χ1) is 10.2. The van der Waals surface area contributed by atoms with Gasteiger partial charge in [-0.25, -0.2) is 0 Å². The van der Waals surface area contributed by atoms with Crippen LogP contribution >= 0.6 is 11.8 Å². The number of nitrogens with zero attached hydrogens (tertiary/aromatic N) is 3. The van der Waals surface area contributed by atoms with Gasteiger partial charge < -0.3 is 9.30 Å². The average molecular weight is 311 g/mol. The zero-order chi connectivity index (χ0) is 15.1. The van der Waals surface area contributed by atoms with Crippen LogP contribution in [-0.2, 0) is 22.5 Å². The van der Waals surface area contributed by atoms with Crippen LogP contribution in [0.1, 0.15) is 51.3 Å². The smallest absolute Gasteiger partial charge is 0.316 e. The van der Waals surface area contributed by atoms with E-state index in [9.17, 15) is 4.79 Å². The predicted molar refractivity (Wildman–Crippen MR) is 83.3 cm³/mol. The van der Waals surface area contributed by atoms with Gasteiger partial charge in [0.05, 0.1) is 12.9 Å². The van der Waals surface area contributed by atoms with Crippen LogP contribution < -0.4 is 0 Å². The molecule has 1 aromatic rings. The Morgan fingerprint density at radius 3 is 2.76 bits per heavy atom. The lowest BCUT2D eigenvalue weighted by Crippen LogP contribution is -2.10. The Kier molecular flexibility index (Phi) is 6.54. The first kappa shape index (κ1) is 16.3. The van der Waals surface area contributed by atoms with E-state index in [-0.39, 0.29) is 11.7 Å². The summed E-state index contributed by atoms with van der Waals surface area (Å²) >= 11 is 1.40. The molecule has 0 aliphatic heterocycles. The zero-order valence-corrected chi connectivity index (χ0v) is 13.8. The first-order valence-corrected chi connectivity index (χ1v) is 8.84. The van der Waals surface area contributed by atoms with Crippen LogP contribution in [0.5, 0.6) is 0 Å². The number of esters is 1. The molecule has 2 rings (SSSR count). The Morgan fingerprint density at radius 2 is 2.10 bits per heavy atom. The number of carbonyl (C=O) groups is 1. The van der Waals surface area contributed by atoms with Gasteiger partial charge in [0.2, 0.25) is 0 Å². The summed E-state index contributed by atoms with van der Waals surface area (Å²) in [6.45, 7) is 2.94. The van der Waals surface area contributed by atoms with Crippen molar-refractivity contribution in [2.24, 2.45) is 5.92 Å². The summed E-state index contributed by atoms with van der Waals surface area (Å²) in [6.07, 6.45) is 9.09. The molecule has 5 nitrogen and oxygen atoms in total. The molecule has 0 saturated heterocycles. The molecule has 21 heavy (non-hydrogen) atoms. The molecule has 0 amide bonds. The summed E-state index contributed by atoms with van der Waals surface area (Å²) < 4.78 is 6.78. The third-order valence-corrected chi connectivity index (χ3v) is 5.10. The molecule has 1 aliphatic carbocycles. The molecule has 1 heterocycles. The fraction of sp³-hybridized carbons (Fsp3) is 0.800. The molecular formula is C15H25N3O2S. The van der Waals surface area contributed by atoms with Gasteiger partial charge in [-0.1, -0.05) is 43.9 Å². The second-order valence-corrected chi connectivity index (χ2v) is 6.49. The maximum Gasteiger partial charge on any atom is 0.316 e. The highest BCUT2D eigenvalue weighted by Crippen LogP contribution is 2.27. The maximum absolute atomic E-state index is 11.2. The third-order valence-electron chi connectivity index (χ3n) is 4.16. The van der Waals surface area contributed by atoms with E-state index in [1.807, 2.05) is 0 Å². The fourth-order valence-corrected chi connectivity index (χ4v) is 3.77. The Bertz CT molecular complexity index is 456. The van der Waals surface area contributed by atoms with Gasteiger partial charge >= 0.3 is 5.97 Å². The van der Waals surface area contributed by atoms with Crippen molar-refractivity contribution in [1.82, 2.24) is 14.8 Å². The number of aryl methyl sites for hydroxylation is 1. The van der Waals surface area contributed by atoms with Crippen LogP contribution in [0.4, 0.5) is 0 Å². The maximum atomic E-state index is 11.2. The van der Waals surface area contributed by atoms with Crippen molar-refractivity contribution < 1.29 is 9.53 Å². The van der Waals surface area contributed by atoms with Crippen molar-refractivity contribution in [2.45, 2.75) is 63.6 Å². The number of aromatic nitrogens is 3. The number of rotatable bonds is 7. The number of methoxy groups -OCH3 is 1. The quantitative estimate of drug-likeness (QED) is 0.572. The lowest BCUT2D eigenvalue weighted by atomic mass is 9.86. The molecule has 1 aromatic heterocycles. The van der Waals surface area contributed by atoms with Crippen molar-refractivity contribution in [1.29, 1.82) is 0 Å². The van der Waals surface area contributed by atoms with Crippen molar-refractivity contribution in [3.05, 3.63) is 5.82 Å². The fourth-order valence-electron chi connectivity index (χ4n) is 2.92. The summed E-state index contributed by atoms with van der Waals surface area (Å²) in [4.78, 5) is 11.2. The average Bonchev–Trinajstić information content (AvgIpc) is 2.93. The van der Waals surface area contributed by atoms with E-state index in [0.29, 0.717) is 0 Å². The minimum Gasteiger partial charge on any atom is -0.468 e. The van der Waals surface area contributed by atoms with E-state index < -0.39 is 0 Å². The van der Waals surface area contributed by atoms with Gasteiger partial charge in [0.15, 0.2) is 5.16 Å². The number of ether oxygens (including phenoxy) is 1. The molecule has 6 heteroatoms. The van der Waals surface area contributed by atoms with Gasteiger partial charge in [-0.15, -0.1) is 10.2 Å². The highest BCUT2D eigenvalue weighted by molar-refractivity contribution is 7.99. The lowest BCUT2D eigenvalue weighted by molar-refractivity contribution is -0.137. The highest BCUT2D eigenvalue weighted by atomic mass is 32.2. The minimum absolute atomic E-state index is 0.227. The number of carbonyl (C=O) groups excluding carboxylic acids is 1. The first-order valence-electron chi connectivity index (χ1n) is 7.86. The van der Waals surface area contributed by atoms with Crippen molar-refractivity contribution in [3.63, 3.8) is 0 Å². The van der Waals surface area contributed by atoms with Crippen molar-refractivity contribution >= 4 is 17.7 Å². The molecule has 0 N–H and O–H groups in total. The van der Waals surface area contributed by atoms with E-state index in [0.717, 1.165) is 29.9 Å². The van der Waals surface area contributed by atoms with Crippen LogP contribution in [-0.4, -0.2) is 33.6 Å². The number of hydrogen-bond donors (Lipinski definition) is 0. The SMILES string of the molecule is CCn1c(CCC2CCCCC2)nnc1SCC(=O)OC. The molecule has 1 saturated carbocycles. The summed E-state index contributed by atoms with van der Waals surface area (Å²) in [7, 11) is 1.41. The molecule has 1 aliphatic rings. The topological polar surface area (TPSA) is 57.0 Å². The van der Waals surface area contributed by atoms with Crippen molar-refractivity contribution in [3.8, 4) is 0 Å². The Hall–Kier alpha value is -1.04. The van der Waals surface area contributed by atoms with Gasteiger partial charge in [-0.3, -0.25) is 4.79 Å². The molecule has 0 atom stereocenters. The summed E-state index contributed by atoms with van der Waals surface area (Å²) in [5.41, 5.74) is 0. The molecule has 1 fully saturated rings. The Morgan fingerprint density at radius 1 is 1.33 bits per heavy atom. The predicted octanol–water partition coefficient (Wildman–Crippen LogP) is 3.08. The van der Waals surface area contributed by atoms with Crippen LogP contribution in [0, 0.1) is 5.92 Å². The van der Waals surface area contributed by atoms with Gasteiger partial charge in [0.1, 0.15) is 5.82 Å². The summed E-state index contributed by atoms with van der Waals surface area (Å²) in [6, 6.07) is 0. The zero-order valence-electron chi connectivity index (χ0n) is 13.0. The van der Waals surface area contributed by atoms with E-state index in [1.165, 1.54) is 57.4 Å². The molecule has 0 radical (unpaired) electrons. The Balaban J connectivity index is 1.90. The van der Waals surface area contributed by atoms with Crippen LogP contribution in [0.2, 0.25) is 0 Å². The van der Waals surface area contributed by atoms with E-state index in [1.54, 1.807) is 0 Å². The molecule has 0 aromatic carbocycles. The summed E-state index contributed by atoms with van der Waals surface area (Å²) in [5, 5.41) is 9.36. The number of thioether (sulfide) groups is 1. The standard InChI is InChI=1S/C15H25N3O2S/c1-3-18-13(10-9-12-7-5-4-6-8-12)16-17-15(18)21-11-14(19)20-2/h12H,3-11H2,1-2H3. The summed E-state index contributed by atoms with van der Waals surface area (Å²) in [5.74, 6) is 1.97. The number of hydrogen-bond acceptors (Lipinski definition) is 5. The van der Waals surface area contributed by atoms with Gasteiger partial charge in [0.25, 0.3) is 0 Å². The van der Waals surface area contributed by atoms with Gasteiger partial charge in [-0.2, -0.15) is 0 Å². The monoisotopic (exact) mass is 311 g/mol. The van der Waals surface area contributed by atoms with E-state index in [2.05, 4.69) is 26.4 Å². The van der Waals surface area contributed by atoms with Gasteiger partial charge in [-0.05, 0) is 19.3 Å². The third kappa shape index (κ3) is 4.73. The second kappa shape index (κ2) is 8.41. The normalized spacial score (nSPS) is 16.1. The lowest BCUT2D eigenvalue weighted by Gasteiger charge is -2.21. The molecule has 0 spiro atoms.